The molecule has 0 spiro atoms. The van der Waals surface area contributed by atoms with Crippen LogP contribution in [0.15, 0.2) is 36.7 Å². The Morgan fingerprint density at radius 3 is 2.52 bits per heavy atom. The summed E-state index contributed by atoms with van der Waals surface area (Å²) in [6, 6.07) is 7.83. The Morgan fingerprint density at radius 2 is 1.96 bits per heavy atom. The van der Waals surface area contributed by atoms with E-state index in [-0.39, 0.29) is 11.5 Å². The van der Waals surface area contributed by atoms with Crippen LogP contribution in [-0.4, -0.2) is 41.2 Å². The van der Waals surface area contributed by atoms with E-state index in [1.54, 1.807) is 0 Å². The molecule has 2 aliphatic rings. The van der Waals surface area contributed by atoms with Gasteiger partial charge in [0, 0.05) is 24.3 Å². The summed E-state index contributed by atoms with van der Waals surface area (Å²) in [5.41, 5.74) is 1.71. The SMILES string of the molecule is FC(F)Oc1cnc(Nc2ccc(C34CN3CCO4)cc2)nc1. The van der Waals surface area contributed by atoms with Gasteiger partial charge in [-0.1, -0.05) is 12.1 Å². The summed E-state index contributed by atoms with van der Waals surface area (Å²) in [5.74, 6) is 0.231. The summed E-state index contributed by atoms with van der Waals surface area (Å²) < 4.78 is 34.1. The van der Waals surface area contributed by atoms with Crippen LogP contribution in [0.1, 0.15) is 5.56 Å². The number of hydrogen-bond acceptors (Lipinski definition) is 6. The lowest BCUT2D eigenvalue weighted by Crippen LogP contribution is -2.12. The quantitative estimate of drug-likeness (QED) is 0.853. The molecule has 8 heteroatoms. The highest BCUT2D eigenvalue weighted by molar-refractivity contribution is 5.54. The second-order valence-electron chi connectivity index (χ2n) is 5.38. The Morgan fingerprint density at radius 1 is 1.22 bits per heavy atom. The second-order valence-corrected chi connectivity index (χ2v) is 5.38. The Balaban J connectivity index is 1.43. The summed E-state index contributed by atoms with van der Waals surface area (Å²) in [5, 5.41) is 3.01. The lowest BCUT2D eigenvalue weighted by molar-refractivity contribution is -0.0503. The van der Waals surface area contributed by atoms with Crippen molar-refractivity contribution in [3.63, 3.8) is 0 Å². The van der Waals surface area contributed by atoms with E-state index in [0.29, 0.717) is 5.95 Å². The summed E-state index contributed by atoms with van der Waals surface area (Å²) in [6.45, 7) is -0.208. The van der Waals surface area contributed by atoms with Crippen LogP contribution in [0, 0.1) is 0 Å². The average Bonchev–Trinajstić information content (AvgIpc) is 3.11. The number of halogens is 2. The molecule has 6 nitrogen and oxygen atoms in total. The van der Waals surface area contributed by atoms with Crippen molar-refractivity contribution in [3.8, 4) is 5.75 Å². The third-order valence-electron chi connectivity index (χ3n) is 3.96. The van der Waals surface area contributed by atoms with Crippen LogP contribution >= 0.6 is 0 Å². The minimum absolute atomic E-state index is 0.0767. The van der Waals surface area contributed by atoms with E-state index >= 15 is 0 Å². The molecule has 23 heavy (non-hydrogen) atoms. The lowest BCUT2D eigenvalue weighted by Gasteiger charge is -2.12. The van der Waals surface area contributed by atoms with Crippen LogP contribution < -0.4 is 10.1 Å². The molecule has 2 atom stereocenters. The molecular weight excluding hydrogens is 306 g/mol. The van der Waals surface area contributed by atoms with E-state index in [1.165, 1.54) is 12.4 Å². The van der Waals surface area contributed by atoms with Crippen molar-refractivity contribution >= 4 is 11.6 Å². The Labute approximate surface area is 131 Å². The Kier molecular flexibility index (Phi) is 3.35. The first-order valence-electron chi connectivity index (χ1n) is 7.19. The van der Waals surface area contributed by atoms with Crippen molar-refractivity contribution < 1.29 is 18.3 Å². The number of hydrogen-bond donors (Lipinski definition) is 1. The number of alkyl halides is 2. The predicted octanol–water partition coefficient (Wildman–Crippen LogP) is 2.32. The van der Waals surface area contributed by atoms with Gasteiger partial charge in [0.2, 0.25) is 5.95 Å². The molecule has 3 heterocycles. The van der Waals surface area contributed by atoms with Crippen LogP contribution in [-0.2, 0) is 10.5 Å². The van der Waals surface area contributed by atoms with E-state index in [2.05, 4.69) is 24.9 Å². The highest BCUT2D eigenvalue weighted by atomic mass is 19.3. The third-order valence-corrected chi connectivity index (χ3v) is 3.96. The van der Waals surface area contributed by atoms with Crippen molar-refractivity contribution in [1.29, 1.82) is 0 Å². The van der Waals surface area contributed by atoms with Crippen molar-refractivity contribution in [1.82, 2.24) is 14.9 Å². The Hall–Kier alpha value is -2.32. The fraction of sp³-hybridized carbons (Fsp3) is 0.333. The maximum Gasteiger partial charge on any atom is 0.387 e. The molecule has 2 aliphatic heterocycles. The van der Waals surface area contributed by atoms with Crippen molar-refractivity contribution in [2.75, 3.05) is 25.0 Å². The Bertz CT molecular complexity index is 696. The summed E-state index contributed by atoms with van der Waals surface area (Å²) >= 11 is 0. The van der Waals surface area contributed by atoms with Gasteiger partial charge in [-0.15, -0.1) is 0 Å². The number of nitrogens with zero attached hydrogens (tertiary/aromatic N) is 3. The molecule has 1 aromatic heterocycles. The monoisotopic (exact) mass is 320 g/mol. The molecule has 120 valence electrons. The molecule has 2 unspecified atom stereocenters. The molecule has 1 aromatic carbocycles. The van der Waals surface area contributed by atoms with Gasteiger partial charge in [0.05, 0.1) is 19.0 Å². The summed E-state index contributed by atoms with van der Waals surface area (Å²) in [6.07, 6.45) is 2.40. The molecule has 4 rings (SSSR count). The molecule has 2 aromatic rings. The first kappa shape index (κ1) is 14.3. The number of aromatic nitrogens is 2. The zero-order chi connectivity index (χ0) is 15.9. The molecule has 0 amide bonds. The topological polar surface area (TPSA) is 59.3 Å². The van der Waals surface area contributed by atoms with Crippen molar-refractivity contribution in [2.24, 2.45) is 0 Å². The number of nitrogens with one attached hydrogen (secondary N) is 1. The van der Waals surface area contributed by atoms with Crippen LogP contribution in [0.25, 0.3) is 0 Å². The molecule has 0 radical (unpaired) electrons. The van der Waals surface area contributed by atoms with Crippen LogP contribution in [0.2, 0.25) is 0 Å². The van der Waals surface area contributed by atoms with Crippen LogP contribution in [0.3, 0.4) is 0 Å². The predicted molar refractivity (Wildman–Crippen MR) is 77.6 cm³/mol. The van der Waals surface area contributed by atoms with Gasteiger partial charge in [-0.05, 0) is 12.1 Å². The number of morpholine rings is 1. The highest BCUT2D eigenvalue weighted by Crippen LogP contribution is 2.47. The van der Waals surface area contributed by atoms with E-state index < -0.39 is 6.61 Å². The number of benzene rings is 1. The van der Waals surface area contributed by atoms with Gasteiger partial charge in [0.1, 0.15) is 0 Å². The smallest absolute Gasteiger partial charge is 0.387 e. The molecule has 1 N–H and O–H groups in total. The van der Waals surface area contributed by atoms with Crippen molar-refractivity contribution in [3.05, 3.63) is 42.2 Å². The first-order valence-corrected chi connectivity index (χ1v) is 7.19. The van der Waals surface area contributed by atoms with E-state index in [1.807, 2.05) is 24.3 Å². The summed E-state index contributed by atoms with van der Waals surface area (Å²) in [4.78, 5) is 10.1. The van der Waals surface area contributed by atoms with Gasteiger partial charge in [0.15, 0.2) is 11.5 Å². The van der Waals surface area contributed by atoms with Gasteiger partial charge in [-0.3, -0.25) is 4.90 Å². The largest absolute Gasteiger partial charge is 0.432 e. The fourth-order valence-corrected chi connectivity index (χ4v) is 2.79. The van der Waals surface area contributed by atoms with Gasteiger partial charge in [-0.25, -0.2) is 9.97 Å². The number of rotatable bonds is 5. The van der Waals surface area contributed by atoms with Gasteiger partial charge >= 0.3 is 6.61 Å². The average molecular weight is 320 g/mol. The molecular formula is C15H14F2N4O2. The normalized spacial score (nSPS) is 25.3. The minimum Gasteiger partial charge on any atom is -0.432 e. The van der Waals surface area contributed by atoms with Crippen LogP contribution in [0.4, 0.5) is 20.4 Å². The van der Waals surface area contributed by atoms with E-state index in [0.717, 1.165) is 30.9 Å². The zero-order valence-electron chi connectivity index (χ0n) is 12.1. The maximum atomic E-state index is 12.1. The van der Waals surface area contributed by atoms with Gasteiger partial charge in [-0.2, -0.15) is 8.78 Å². The first-order chi connectivity index (χ1) is 11.2. The van der Waals surface area contributed by atoms with E-state index in [4.69, 9.17) is 4.74 Å². The molecule has 0 bridgehead atoms. The maximum absolute atomic E-state index is 12.1. The molecule has 2 saturated heterocycles. The fourth-order valence-electron chi connectivity index (χ4n) is 2.79. The summed E-state index contributed by atoms with van der Waals surface area (Å²) in [7, 11) is 0. The number of ether oxygens (including phenoxy) is 2. The van der Waals surface area contributed by atoms with Gasteiger partial charge < -0.3 is 14.8 Å². The van der Waals surface area contributed by atoms with Crippen LogP contribution in [0.5, 0.6) is 5.75 Å². The highest BCUT2D eigenvalue weighted by Gasteiger charge is 2.58. The number of anilines is 2. The third kappa shape index (κ3) is 2.71. The van der Waals surface area contributed by atoms with Gasteiger partial charge in [0.25, 0.3) is 0 Å². The second kappa shape index (κ2) is 5.39. The number of fused-ring (bicyclic) bond motifs is 1. The molecule has 0 aliphatic carbocycles. The molecule has 2 fully saturated rings. The van der Waals surface area contributed by atoms with Crippen molar-refractivity contribution in [2.45, 2.75) is 12.3 Å². The minimum atomic E-state index is -2.89. The zero-order valence-corrected chi connectivity index (χ0v) is 12.1. The standard InChI is InChI=1S/C15H14F2N4O2/c16-13(17)23-12-7-18-14(19-8-12)20-11-3-1-10(2-4-11)15-9-21(15)5-6-22-15/h1-4,7-8,13H,5-6,9H2,(H,18,19,20). The molecule has 0 saturated carbocycles. The van der Waals surface area contributed by atoms with E-state index in [9.17, 15) is 8.78 Å². The lowest BCUT2D eigenvalue weighted by atomic mass is 10.1.